The van der Waals surface area contributed by atoms with E-state index in [1.54, 1.807) is 52.6 Å². The topological polar surface area (TPSA) is 138 Å². The van der Waals surface area contributed by atoms with Crippen LogP contribution in [0.25, 0.3) is 0 Å². The van der Waals surface area contributed by atoms with Gasteiger partial charge in [0, 0.05) is 37.9 Å². The van der Waals surface area contributed by atoms with Crippen LogP contribution in [-0.2, 0) is 32.0 Å². The van der Waals surface area contributed by atoms with Crippen LogP contribution in [0.4, 0.5) is 11.4 Å². The number of likely N-dealkylation sites (N-methyl/N-ethyl adjacent to an activating group) is 1. The van der Waals surface area contributed by atoms with Crippen molar-refractivity contribution >= 4 is 35.5 Å². The van der Waals surface area contributed by atoms with Crippen LogP contribution in [0.5, 0.6) is 11.5 Å². The summed E-state index contributed by atoms with van der Waals surface area (Å²) in [6.45, 7) is 1.83. The van der Waals surface area contributed by atoms with Crippen molar-refractivity contribution in [2.75, 3.05) is 38.1 Å². The number of benzene rings is 4. The molecule has 3 N–H and O–H groups in total. The Kier molecular flexibility index (Phi) is 15.5. The van der Waals surface area contributed by atoms with E-state index >= 15 is 0 Å². The number of carbonyl (C=O) groups excluding carboxylic acids is 4. The van der Waals surface area contributed by atoms with Gasteiger partial charge in [-0.1, -0.05) is 60.7 Å². The molecule has 11 nitrogen and oxygen atoms in total. The van der Waals surface area contributed by atoms with E-state index < -0.39 is 30.4 Å². The molecule has 0 bridgehead atoms. The van der Waals surface area contributed by atoms with Crippen LogP contribution in [0.15, 0.2) is 109 Å². The van der Waals surface area contributed by atoms with Crippen molar-refractivity contribution < 1.29 is 33.8 Å². The van der Waals surface area contributed by atoms with E-state index in [-0.39, 0.29) is 18.4 Å². The summed E-state index contributed by atoms with van der Waals surface area (Å²) in [5, 5.41) is 15.9. The Hall–Kier alpha value is -5.68. The van der Waals surface area contributed by atoms with Crippen molar-refractivity contribution in [2.45, 2.75) is 44.4 Å². The highest BCUT2D eigenvalue weighted by atomic mass is 16.5. The van der Waals surface area contributed by atoms with Crippen molar-refractivity contribution in [3.63, 3.8) is 0 Å². The minimum absolute atomic E-state index is 0.229. The van der Waals surface area contributed by atoms with Crippen LogP contribution in [0.2, 0.25) is 0 Å². The van der Waals surface area contributed by atoms with E-state index in [1.807, 2.05) is 91.9 Å². The largest absolute Gasteiger partial charge is 0.497 e. The van der Waals surface area contributed by atoms with Crippen LogP contribution in [0.3, 0.4) is 0 Å². The predicted molar refractivity (Wildman–Crippen MR) is 194 cm³/mol. The summed E-state index contributed by atoms with van der Waals surface area (Å²) in [6.07, 6.45) is -0.393. The minimum Gasteiger partial charge on any atom is -0.497 e. The molecule has 11 heteroatoms. The second kappa shape index (κ2) is 20.0. The molecule has 4 rings (SSSR count). The molecular formula is C39H46N4O7. The molecule has 0 saturated carbocycles. The molecule has 3 unspecified atom stereocenters. The number of rotatable bonds is 15. The highest BCUT2D eigenvalue weighted by Crippen LogP contribution is 2.20. The number of ether oxygens (including phenoxy) is 2. The first-order valence-electron chi connectivity index (χ1n) is 16.1. The summed E-state index contributed by atoms with van der Waals surface area (Å²) in [6, 6.07) is 32.2. The Morgan fingerprint density at radius 3 is 1.68 bits per heavy atom. The van der Waals surface area contributed by atoms with Crippen molar-refractivity contribution in [1.82, 2.24) is 10.6 Å². The number of aliphatic hydroxyl groups is 1. The number of nitrogens with zero attached hydrogens (tertiary/aromatic N) is 2. The van der Waals surface area contributed by atoms with E-state index in [0.29, 0.717) is 17.9 Å². The number of amides is 4. The molecule has 0 aliphatic heterocycles. The summed E-state index contributed by atoms with van der Waals surface area (Å²) in [4.78, 5) is 52.1. The zero-order chi connectivity index (χ0) is 36.5. The number of hydrogen-bond donors (Lipinski definition) is 3. The smallest absolute Gasteiger partial charge is 0.249 e. The second-order valence-corrected chi connectivity index (χ2v) is 11.6. The van der Waals surface area contributed by atoms with Crippen LogP contribution in [0, 0.1) is 0 Å². The lowest BCUT2D eigenvalue weighted by molar-refractivity contribution is -0.136. The third kappa shape index (κ3) is 12.4. The van der Waals surface area contributed by atoms with Crippen molar-refractivity contribution in [3.8, 4) is 11.5 Å². The fraction of sp³-hybridized carbons (Fsp3) is 0.282. The molecule has 264 valence electrons. The molecule has 0 fully saturated rings. The van der Waals surface area contributed by atoms with Crippen LogP contribution in [-0.4, -0.2) is 75.7 Å². The normalized spacial score (nSPS) is 12.1. The Morgan fingerprint density at radius 1 is 0.720 bits per heavy atom. The maximum absolute atomic E-state index is 13.4. The highest BCUT2D eigenvalue weighted by Gasteiger charge is 2.28. The average Bonchev–Trinajstić information content (AvgIpc) is 3.14. The standard InChI is InChI=1S/C30H35N3O5.C9H11NO2/c1-21(18-22-10-6-4-7-11-22)31-29(36)27(34)20-28(35)32-26(19-23-12-8-5-9-13-23)30(37)33(2)24-14-16-25(38-3)17-15-24;1-10(7-11)8-3-5-9(12-2)6-4-8/h4-17,21,26-27,34H,18-20H2,1-3H3,(H,31,36)(H,32,35);3-7H,1-2H3. The van der Waals surface area contributed by atoms with E-state index in [4.69, 9.17) is 9.47 Å². The maximum atomic E-state index is 13.4. The molecule has 4 amide bonds. The number of nitrogens with one attached hydrogen (secondary N) is 2. The zero-order valence-electron chi connectivity index (χ0n) is 29.1. The quantitative estimate of drug-likeness (QED) is 0.160. The SMILES string of the molecule is COc1ccc(N(C)C(=O)C(Cc2ccccc2)NC(=O)CC(O)C(=O)NC(C)Cc2ccccc2)cc1.COc1ccc(N(C)C=O)cc1. The van der Waals surface area contributed by atoms with Gasteiger partial charge in [0.2, 0.25) is 24.1 Å². The first kappa shape index (κ1) is 38.8. The number of carbonyl (C=O) groups is 4. The average molecular weight is 683 g/mol. The Bertz CT molecular complexity index is 1640. The monoisotopic (exact) mass is 682 g/mol. The molecule has 0 radical (unpaired) electrons. The van der Waals surface area contributed by atoms with Crippen LogP contribution < -0.4 is 29.9 Å². The number of hydrogen-bond acceptors (Lipinski definition) is 7. The molecule has 0 aromatic heterocycles. The van der Waals surface area contributed by atoms with Gasteiger partial charge in [-0.25, -0.2) is 0 Å². The lowest BCUT2D eigenvalue weighted by Crippen LogP contribution is -2.50. The summed E-state index contributed by atoms with van der Waals surface area (Å²) in [5.74, 6) is -0.111. The first-order chi connectivity index (χ1) is 24.0. The van der Waals surface area contributed by atoms with E-state index in [9.17, 15) is 24.3 Å². The van der Waals surface area contributed by atoms with E-state index in [2.05, 4.69) is 10.6 Å². The molecular weight excluding hydrogens is 636 g/mol. The third-order valence-electron chi connectivity index (χ3n) is 7.80. The van der Waals surface area contributed by atoms with Gasteiger partial charge in [-0.05, 0) is 73.0 Å². The molecule has 0 aliphatic rings. The first-order valence-corrected chi connectivity index (χ1v) is 16.1. The highest BCUT2D eigenvalue weighted by molar-refractivity contribution is 5.99. The molecule has 0 heterocycles. The molecule has 4 aromatic carbocycles. The summed E-state index contributed by atoms with van der Waals surface area (Å²) in [7, 11) is 6.51. The third-order valence-corrected chi connectivity index (χ3v) is 7.80. The Balaban J connectivity index is 0.000000474. The number of aliphatic hydroxyl groups excluding tert-OH is 1. The summed E-state index contributed by atoms with van der Waals surface area (Å²) >= 11 is 0. The number of anilines is 2. The van der Waals surface area contributed by atoms with Crippen molar-refractivity contribution in [3.05, 3.63) is 120 Å². The summed E-state index contributed by atoms with van der Waals surface area (Å²) < 4.78 is 10.2. The molecule has 0 aliphatic carbocycles. The Morgan fingerprint density at radius 2 is 1.20 bits per heavy atom. The Labute approximate surface area is 293 Å². The van der Waals surface area contributed by atoms with Crippen molar-refractivity contribution in [1.29, 1.82) is 0 Å². The van der Waals surface area contributed by atoms with Gasteiger partial charge < -0.3 is 35.0 Å². The predicted octanol–water partition coefficient (Wildman–Crippen LogP) is 4.17. The molecule has 0 saturated heterocycles. The van der Waals surface area contributed by atoms with Gasteiger partial charge in [-0.2, -0.15) is 0 Å². The van der Waals surface area contributed by atoms with Crippen LogP contribution >= 0.6 is 0 Å². The van der Waals surface area contributed by atoms with Gasteiger partial charge in [0.1, 0.15) is 23.6 Å². The number of methoxy groups -OCH3 is 2. The van der Waals surface area contributed by atoms with Crippen LogP contribution in [0.1, 0.15) is 24.5 Å². The molecule has 50 heavy (non-hydrogen) atoms. The maximum Gasteiger partial charge on any atom is 0.249 e. The van der Waals surface area contributed by atoms with Gasteiger partial charge in [0.25, 0.3) is 0 Å². The lowest BCUT2D eigenvalue weighted by atomic mass is 10.0. The fourth-order valence-electron chi connectivity index (χ4n) is 4.97. The molecule has 3 atom stereocenters. The second-order valence-electron chi connectivity index (χ2n) is 11.6. The van der Waals surface area contributed by atoms with E-state index in [0.717, 1.165) is 29.0 Å². The van der Waals surface area contributed by atoms with E-state index in [1.165, 1.54) is 9.80 Å². The van der Waals surface area contributed by atoms with Gasteiger partial charge in [0.15, 0.2) is 0 Å². The van der Waals surface area contributed by atoms with Gasteiger partial charge in [-0.15, -0.1) is 0 Å². The lowest BCUT2D eigenvalue weighted by Gasteiger charge is -2.25. The van der Waals surface area contributed by atoms with Gasteiger partial charge >= 0.3 is 0 Å². The van der Waals surface area contributed by atoms with Gasteiger partial charge in [0.05, 0.1) is 20.6 Å². The molecule has 0 spiro atoms. The van der Waals surface area contributed by atoms with Crippen molar-refractivity contribution in [2.24, 2.45) is 0 Å². The summed E-state index contributed by atoms with van der Waals surface area (Å²) in [5.41, 5.74) is 3.40. The molecule has 4 aromatic rings. The fourth-order valence-corrected chi connectivity index (χ4v) is 4.97. The van der Waals surface area contributed by atoms with Gasteiger partial charge in [-0.3, -0.25) is 19.2 Å². The minimum atomic E-state index is -1.54. The zero-order valence-corrected chi connectivity index (χ0v) is 29.1.